The lowest BCUT2D eigenvalue weighted by Gasteiger charge is -2.26. The van der Waals surface area contributed by atoms with Gasteiger partial charge in [-0.1, -0.05) is 11.8 Å². The standard InChI is InChI=1S/C20H30N4S/c1-23(2)11-8-14-25-20-18(15-21)16-9-4-5-10-17(16)19(22-20)24-12-6-3-7-13-24/h3-14H2,1-2H3/p+2. The maximum atomic E-state index is 9.82. The summed E-state index contributed by atoms with van der Waals surface area (Å²) in [5, 5.41) is 10.9. The highest BCUT2D eigenvalue weighted by molar-refractivity contribution is 7.99. The lowest BCUT2D eigenvalue weighted by Crippen LogP contribution is -3.05. The Bertz CT molecular complexity index is 630. The fourth-order valence-corrected chi connectivity index (χ4v) is 5.01. The Labute approximate surface area is 156 Å². The lowest BCUT2D eigenvalue weighted by molar-refractivity contribution is -0.858. The number of pyridine rings is 1. The topological polar surface area (TPSA) is 45.6 Å². The normalized spacial score (nSPS) is 17.4. The Morgan fingerprint density at radius 3 is 2.48 bits per heavy atom. The van der Waals surface area contributed by atoms with Crippen molar-refractivity contribution in [2.45, 2.75) is 56.4 Å². The molecule has 1 aromatic rings. The van der Waals surface area contributed by atoms with Gasteiger partial charge in [0.15, 0.2) is 5.03 Å². The molecule has 2 heterocycles. The van der Waals surface area contributed by atoms with Gasteiger partial charge in [-0.2, -0.15) is 5.26 Å². The van der Waals surface area contributed by atoms with Crippen LogP contribution in [0.1, 0.15) is 55.2 Å². The summed E-state index contributed by atoms with van der Waals surface area (Å²) in [7, 11) is 4.40. The van der Waals surface area contributed by atoms with Crippen LogP contribution in [0.3, 0.4) is 0 Å². The fraction of sp³-hybridized carbons (Fsp3) is 0.700. The average Bonchev–Trinajstić information content (AvgIpc) is 2.65. The van der Waals surface area contributed by atoms with Crippen molar-refractivity contribution in [3.05, 3.63) is 16.7 Å². The van der Waals surface area contributed by atoms with Crippen molar-refractivity contribution in [2.24, 2.45) is 0 Å². The maximum Gasteiger partial charge on any atom is 0.278 e. The Morgan fingerprint density at radius 1 is 1.08 bits per heavy atom. The molecule has 3 rings (SSSR count). The van der Waals surface area contributed by atoms with E-state index < -0.39 is 0 Å². The number of rotatable bonds is 6. The highest BCUT2D eigenvalue weighted by Gasteiger charge is 2.30. The van der Waals surface area contributed by atoms with Crippen LogP contribution < -0.4 is 14.8 Å². The van der Waals surface area contributed by atoms with Crippen molar-refractivity contribution in [1.29, 1.82) is 5.26 Å². The van der Waals surface area contributed by atoms with Crippen LogP contribution in [-0.2, 0) is 12.8 Å². The molecule has 0 bridgehead atoms. The second-order valence-corrected chi connectivity index (χ2v) is 8.77. The van der Waals surface area contributed by atoms with E-state index >= 15 is 0 Å². The zero-order valence-corrected chi connectivity index (χ0v) is 16.6. The lowest BCUT2D eigenvalue weighted by atomic mass is 9.89. The van der Waals surface area contributed by atoms with Gasteiger partial charge in [-0.25, -0.2) is 4.98 Å². The molecule has 0 spiro atoms. The molecular weight excluding hydrogens is 328 g/mol. The van der Waals surface area contributed by atoms with Crippen molar-refractivity contribution >= 4 is 17.6 Å². The van der Waals surface area contributed by atoms with Crippen molar-refractivity contribution in [3.63, 3.8) is 0 Å². The third-order valence-corrected chi connectivity index (χ3v) is 6.45. The number of piperidine rings is 1. The maximum absolute atomic E-state index is 9.82. The van der Waals surface area contributed by atoms with Gasteiger partial charge in [0.1, 0.15) is 11.6 Å². The first-order chi connectivity index (χ1) is 12.2. The van der Waals surface area contributed by atoms with E-state index in [1.54, 1.807) is 0 Å². The van der Waals surface area contributed by atoms with E-state index in [2.05, 4.69) is 30.0 Å². The molecule has 0 amide bonds. The highest BCUT2D eigenvalue weighted by Crippen LogP contribution is 2.34. The summed E-state index contributed by atoms with van der Waals surface area (Å²) in [5.41, 5.74) is 3.71. The number of quaternary nitrogens is 1. The molecule has 0 aromatic carbocycles. The molecule has 2 aliphatic rings. The number of aromatic amines is 1. The SMILES string of the molecule is C[NH+](C)CCCSc1[nH+]c(N2CCCCC2)c2c(c1C#N)CCCC2. The molecule has 0 atom stereocenters. The summed E-state index contributed by atoms with van der Waals surface area (Å²) in [5.74, 6) is 2.41. The second-order valence-electron chi connectivity index (χ2n) is 7.66. The first-order valence-electron chi connectivity index (χ1n) is 9.88. The zero-order chi connectivity index (χ0) is 17.6. The summed E-state index contributed by atoms with van der Waals surface area (Å²) in [6.45, 7) is 3.49. The van der Waals surface area contributed by atoms with E-state index in [1.165, 1.54) is 66.9 Å². The highest BCUT2D eigenvalue weighted by atomic mass is 32.2. The molecule has 5 heteroatoms. The van der Waals surface area contributed by atoms with Crippen LogP contribution in [0.2, 0.25) is 0 Å². The Kier molecular flexibility index (Phi) is 6.61. The van der Waals surface area contributed by atoms with E-state index in [0.717, 1.165) is 42.3 Å². The smallest absolute Gasteiger partial charge is 0.278 e. The van der Waals surface area contributed by atoms with Crippen LogP contribution in [0.15, 0.2) is 5.03 Å². The van der Waals surface area contributed by atoms with Crippen LogP contribution in [0.25, 0.3) is 0 Å². The van der Waals surface area contributed by atoms with Gasteiger partial charge in [0.05, 0.1) is 33.7 Å². The second kappa shape index (κ2) is 8.91. The molecule has 1 aromatic heterocycles. The van der Waals surface area contributed by atoms with E-state index in [0.29, 0.717) is 0 Å². The number of aromatic nitrogens is 1. The Balaban J connectivity index is 1.89. The summed E-state index contributed by atoms with van der Waals surface area (Å²) in [6, 6.07) is 2.53. The summed E-state index contributed by atoms with van der Waals surface area (Å²) in [4.78, 5) is 7.74. The van der Waals surface area contributed by atoms with Crippen molar-refractivity contribution in [3.8, 4) is 6.07 Å². The summed E-state index contributed by atoms with van der Waals surface area (Å²) in [6.07, 6.45) is 9.78. The number of hydrogen-bond acceptors (Lipinski definition) is 3. The van der Waals surface area contributed by atoms with E-state index in [4.69, 9.17) is 0 Å². The predicted octanol–water partition coefficient (Wildman–Crippen LogP) is 1.87. The quantitative estimate of drug-likeness (QED) is 0.622. The molecular formula is C20H32N4S+2. The van der Waals surface area contributed by atoms with Gasteiger partial charge in [0.2, 0.25) is 0 Å². The molecule has 1 saturated heterocycles. The van der Waals surface area contributed by atoms with Crippen molar-refractivity contribution in [1.82, 2.24) is 0 Å². The zero-order valence-electron chi connectivity index (χ0n) is 15.8. The molecule has 1 aliphatic heterocycles. The number of nitrogens with one attached hydrogen (secondary N) is 2. The monoisotopic (exact) mass is 360 g/mol. The van der Waals surface area contributed by atoms with Gasteiger partial charge in [-0.15, -0.1) is 0 Å². The number of fused-ring (bicyclic) bond motifs is 1. The van der Waals surface area contributed by atoms with Gasteiger partial charge in [0, 0.05) is 17.7 Å². The average molecular weight is 361 g/mol. The number of thioether (sulfide) groups is 1. The Morgan fingerprint density at radius 2 is 1.80 bits per heavy atom. The molecule has 0 saturated carbocycles. The fourth-order valence-electron chi connectivity index (χ4n) is 4.04. The molecule has 136 valence electrons. The Hall–Kier alpha value is -1.25. The number of anilines is 1. The van der Waals surface area contributed by atoms with Gasteiger partial charge in [-0.3, -0.25) is 4.90 Å². The number of nitrogens with zero attached hydrogens (tertiary/aromatic N) is 2. The third-order valence-electron chi connectivity index (χ3n) is 5.37. The van der Waals surface area contributed by atoms with Crippen molar-refractivity contribution in [2.75, 3.05) is 44.4 Å². The minimum absolute atomic E-state index is 0.928. The largest absolute Gasteiger partial charge is 0.340 e. The summed E-state index contributed by atoms with van der Waals surface area (Å²) < 4.78 is 0. The molecule has 0 unspecified atom stereocenters. The molecule has 4 nitrogen and oxygen atoms in total. The molecule has 2 N–H and O–H groups in total. The predicted molar refractivity (Wildman–Crippen MR) is 103 cm³/mol. The molecule has 25 heavy (non-hydrogen) atoms. The number of H-pyrrole nitrogens is 1. The van der Waals surface area contributed by atoms with Gasteiger partial charge in [-0.05, 0) is 50.5 Å². The van der Waals surface area contributed by atoms with Crippen LogP contribution >= 0.6 is 11.8 Å². The first kappa shape index (κ1) is 18.5. The van der Waals surface area contributed by atoms with E-state index in [-0.39, 0.29) is 0 Å². The molecule has 1 fully saturated rings. The van der Waals surface area contributed by atoms with E-state index in [9.17, 15) is 5.26 Å². The van der Waals surface area contributed by atoms with Gasteiger partial charge < -0.3 is 4.90 Å². The van der Waals surface area contributed by atoms with Crippen molar-refractivity contribution < 1.29 is 9.88 Å². The molecule has 1 aliphatic carbocycles. The number of hydrogen-bond donors (Lipinski definition) is 1. The summed E-state index contributed by atoms with van der Waals surface area (Å²) >= 11 is 1.85. The van der Waals surface area contributed by atoms with Gasteiger partial charge in [0.25, 0.3) is 5.82 Å². The minimum Gasteiger partial charge on any atom is -0.340 e. The first-order valence-corrected chi connectivity index (χ1v) is 10.9. The van der Waals surface area contributed by atoms with Crippen LogP contribution in [0.4, 0.5) is 5.82 Å². The third kappa shape index (κ3) is 4.48. The minimum atomic E-state index is 0.928. The van der Waals surface area contributed by atoms with Gasteiger partial charge >= 0.3 is 0 Å². The van der Waals surface area contributed by atoms with E-state index in [1.807, 2.05) is 11.8 Å². The molecule has 0 radical (unpaired) electrons. The van der Waals surface area contributed by atoms with Crippen LogP contribution in [0, 0.1) is 11.3 Å². The van der Waals surface area contributed by atoms with Crippen LogP contribution in [-0.4, -0.2) is 39.5 Å². The number of nitriles is 1. The van der Waals surface area contributed by atoms with Crippen LogP contribution in [0.5, 0.6) is 0 Å².